The summed E-state index contributed by atoms with van der Waals surface area (Å²) in [5, 5.41) is 14.9. The van der Waals surface area contributed by atoms with Crippen molar-refractivity contribution in [2.24, 2.45) is 0 Å². The highest BCUT2D eigenvalue weighted by atomic mass is 32.2. The van der Waals surface area contributed by atoms with Gasteiger partial charge in [0.05, 0.1) is 22.6 Å². The van der Waals surface area contributed by atoms with Crippen molar-refractivity contribution in [3.05, 3.63) is 129 Å². The molecule has 12 heteroatoms. The second kappa shape index (κ2) is 16.0. The lowest BCUT2D eigenvalue weighted by Gasteiger charge is -2.34. The number of ether oxygens (including phenoxy) is 1. The molecule has 0 spiro atoms. The van der Waals surface area contributed by atoms with Gasteiger partial charge in [-0.1, -0.05) is 79.1 Å². The minimum absolute atomic E-state index is 0.00908. The molecular formula is C38H42N4O7S. The number of hydrogen-bond acceptors (Lipinski definition) is 7. The summed E-state index contributed by atoms with van der Waals surface area (Å²) in [6, 6.07) is 25.8. The van der Waals surface area contributed by atoms with Crippen LogP contribution < -0.4 is 14.4 Å². The smallest absolute Gasteiger partial charge is 0.273 e. The molecule has 11 nitrogen and oxygen atoms in total. The number of aryl methyl sites for hydroxylation is 2. The fraction of sp³-hybridized carbons (Fsp3) is 0.316. The fourth-order valence-electron chi connectivity index (χ4n) is 6.28. The minimum atomic E-state index is -4.54. The summed E-state index contributed by atoms with van der Waals surface area (Å²) in [6.45, 7) is 2.82. The molecule has 4 aromatic rings. The van der Waals surface area contributed by atoms with Crippen molar-refractivity contribution < 1.29 is 27.7 Å². The first-order chi connectivity index (χ1) is 24.0. The number of rotatable bonds is 14. The summed E-state index contributed by atoms with van der Waals surface area (Å²) >= 11 is 0. The van der Waals surface area contributed by atoms with Crippen molar-refractivity contribution in [2.45, 2.75) is 69.5 Å². The van der Waals surface area contributed by atoms with E-state index in [1.807, 2.05) is 61.5 Å². The average molecular weight is 699 g/mol. The molecule has 1 fully saturated rings. The van der Waals surface area contributed by atoms with Crippen LogP contribution in [-0.2, 0) is 32.6 Å². The number of amides is 2. The zero-order valence-corrected chi connectivity index (χ0v) is 29.3. The Labute approximate surface area is 293 Å². The molecule has 0 saturated heterocycles. The Hall–Kier alpha value is -5.23. The van der Waals surface area contributed by atoms with E-state index in [0.717, 1.165) is 52.7 Å². The van der Waals surface area contributed by atoms with Crippen LogP contribution in [0.5, 0.6) is 5.75 Å². The summed E-state index contributed by atoms with van der Waals surface area (Å²) in [7, 11) is -3.06. The molecule has 262 valence electrons. The largest absolute Gasteiger partial charge is 0.497 e. The first kappa shape index (κ1) is 36.1. The topological polar surface area (TPSA) is 139 Å². The highest BCUT2D eigenvalue weighted by molar-refractivity contribution is 7.92. The molecule has 5 rings (SSSR count). The maximum Gasteiger partial charge on any atom is 0.273 e. The van der Waals surface area contributed by atoms with Crippen LogP contribution in [0.4, 0.5) is 11.4 Å². The second-order valence-corrected chi connectivity index (χ2v) is 14.5. The third kappa shape index (κ3) is 8.67. The van der Waals surface area contributed by atoms with Crippen LogP contribution in [0.2, 0.25) is 0 Å². The molecule has 0 aromatic heterocycles. The predicted molar refractivity (Wildman–Crippen MR) is 191 cm³/mol. The van der Waals surface area contributed by atoms with E-state index in [1.54, 1.807) is 12.1 Å². The zero-order valence-electron chi connectivity index (χ0n) is 28.4. The van der Waals surface area contributed by atoms with Gasteiger partial charge in [-0.25, -0.2) is 8.42 Å². The Morgan fingerprint density at radius 1 is 0.920 bits per heavy atom. The van der Waals surface area contributed by atoms with Gasteiger partial charge in [0.25, 0.3) is 15.7 Å². The van der Waals surface area contributed by atoms with Crippen molar-refractivity contribution in [2.75, 3.05) is 18.0 Å². The Kier molecular flexibility index (Phi) is 11.5. The fourth-order valence-corrected chi connectivity index (χ4v) is 7.71. The van der Waals surface area contributed by atoms with Crippen LogP contribution >= 0.6 is 0 Å². The number of sulfonamides is 1. The van der Waals surface area contributed by atoms with Crippen LogP contribution in [0.1, 0.15) is 47.9 Å². The molecule has 50 heavy (non-hydrogen) atoms. The van der Waals surface area contributed by atoms with Crippen LogP contribution in [-0.4, -0.2) is 55.8 Å². The predicted octanol–water partition coefficient (Wildman–Crippen LogP) is 6.11. The molecule has 0 aliphatic heterocycles. The van der Waals surface area contributed by atoms with Gasteiger partial charge < -0.3 is 15.0 Å². The number of benzene rings is 4. The standard InChI is InChI=1S/C38H42N4O7S/c1-27-10-9-13-30(22-27)25-40(36(23-29-11-5-4-6-12-29)38(44)39-31-14-7-8-15-31)37(43)26-41(32-17-19-33(49-3)20-18-32)50(47,48)34-21-16-28(2)35(24-34)42(45)46/h4-6,9-13,16-22,24,31,36H,7-8,14-15,23,25-26H2,1-3H3,(H,39,44)/t36-/m1/s1. The van der Waals surface area contributed by atoms with Gasteiger partial charge in [-0.3, -0.25) is 24.0 Å². The van der Waals surface area contributed by atoms with Crippen molar-refractivity contribution in [1.29, 1.82) is 0 Å². The molecule has 0 bridgehead atoms. The number of nitrogens with zero attached hydrogens (tertiary/aromatic N) is 3. The second-order valence-electron chi connectivity index (χ2n) is 12.6. The van der Waals surface area contributed by atoms with Crippen molar-refractivity contribution >= 4 is 33.2 Å². The van der Waals surface area contributed by atoms with E-state index in [4.69, 9.17) is 4.74 Å². The molecule has 1 atom stereocenters. The quantitative estimate of drug-likeness (QED) is 0.124. The Bertz CT molecular complexity index is 1930. The number of nitrogens with one attached hydrogen (secondary N) is 1. The number of methoxy groups -OCH3 is 1. The third-order valence-electron chi connectivity index (χ3n) is 9.01. The lowest BCUT2D eigenvalue weighted by Crippen LogP contribution is -2.54. The summed E-state index contributed by atoms with van der Waals surface area (Å²) < 4.78 is 35.0. The number of carbonyl (C=O) groups is 2. The molecule has 4 aromatic carbocycles. The van der Waals surface area contributed by atoms with Crippen LogP contribution in [0.25, 0.3) is 0 Å². The van der Waals surface area contributed by atoms with Gasteiger partial charge in [0, 0.05) is 30.6 Å². The highest BCUT2D eigenvalue weighted by Gasteiger charge is 2.36. The van der Waals surface area contributed by atoms with Crippen molar-refractivity contribution in [3.8, 4) is 5.75 Å². The summed E-state index contributed by atoms with van der Waals surface area (Å²) in [5.41, 5.74) is 2.66. The minimum Gasteiger partial charge on any atom is -0.497 e. The number of nitro groups is 1. The first-order valence-corrected chi connectivity index (χ1v) is 18.0. The van der Waals surface area contributed by atoms with E-state index in [9.17, 15) is 28.1 Å². The Morgan fingerprint density at radius 2 is 1.60 bits per heavy atom. The van der Waals surface area contributed by atoms with Gasteiger partial charge in [0.15, 0.2) is 0 Å². The van der Waals surface area contributed by atoms with Gasteiger partial charge in [0.1, 0.15) is 18.3 Å². The van der Waals surface area contributed by atoms with Gasteiger partial charge in [-0.2, -0.15) is 0 Å². The number of carbonyl (C=O) groups excluding carboxylic acids is 2. The number of anilines is 1. The number of nitro benzene ring substituents is 1. The van der Waals surface area contributed by atoms with E-state index in [0.29, 0.717) is 11.3 Å². The highest BCUT2D eigenvalue weighted by Crippen LogP contribution is 2.30. The Balaban J connectivity index is 1.59. The van der Waals surface area contributed by atoms with Gasteiger partial charge in [-0.15, -0.1) is 0 Å². The number of hydrogen-bond donors (Lipinski definition) is 1. The Morgan fingerprint density at radius 3 is 2.24 bits per heavy atom. The summed E-state index contributed by atoms with van der Waals surface area (Å²) in [6.07, 6.45) is 3.91. The molecule has 0 heterocycles. The molecule has 2 amide bonds. The van der Waals surface area contributed by atoms with Crippen molar-refractivity contribution in [3.63, 3.8) is 0 Å². The molecule has 1 N–H and O–H groups in total. The molecule has 1 saturated carbocycles. The maximum atomic E-state index is 14.7. The van der Waals surface area contributed by atoms with Crippen molar-refractivity contribution in [1.82, 2.24) is 10.2 Å². The van der Waals surface area contributed by atoms with Gasteiger partial charge in [0.2, 0.25) is 11.8 Å². The third-order valence-corrected chi connectivity index (χ3v) is 10.8. The molecule has 1 aliphatic carbocycles. The van der Waals surface area contributed by atoms with Crippen LogP contribution in [0, 0.1) is 24.0 Å². The monoisotopic (exact) mass is 698 g/mol. The SMILES string of the molecule is COc1ccc(N(CC(=O)N(Cc2cccc(C)c2)[C@H](Cc2ccccc2)C(=O)NC2CCCC2)S(=O)(=O)c2ccc(C)c([N+](=O)[O-])c2)cc1. The van der Waals surface area contributed by atoms with E-state index in [-0.39, 0.29) is 41.2 Å². The average Bonchev–Trinajstić information content (AvgIpc) is 3.62. The van der Waals surface area contributed by atoms with E-state index >= 15 is 0 Å². The lowest BCUT2D eigenvalue weighted by molar-refractivity contribution is -0.385. The zero-order chi connectivity index (χ0) is 35.8. The maximum absolute atomic E-state index is 14.7. The molecule has 1 aliphatic rings. The molecular weight excluding hydrogens is 657 g/mol. The first-order valence-electron chi connectivity index (χ1n) is 16.6. The normalized spacial score (nSPS) is 13.7. The van der Waals surface area contributed by atoms with E-state index in [1.165, 1.54) is 43.2 Å². The molecule has 0 unspecified atom stereocenters. The van der Waals surface area contributed by atoms with Gasteiger partial charge in [-0.05, 0) is 68.1 Å². The lowest BCUT2D eigenvalue weighted by atomic mass is 10.0. The van der Waals surface area contributed by atoms with Gasteiger partial charge >= 0.3 is 0 Å². The van der Waals surface area contributed by atoms with E-state index < -0.39 is 33.4 Å². The molecule has 0 radical (unpaired) electrons. The van der Waals surface area contributed by atoms with E-state index in [2.05, 4.69) is 5.32 Å². The summed E-state index contributed by atoms with van der Waals surface area (Å²) in [4.78, 5) is 41.1. The summed E-state index contributed by atoms with van der Waals surface area (Å²) in [5.74, 6) is -0.458. The van der Waals surface area contributed by atoms with Crippen LogP contribution in [0.3, 0.4) is 0 Å². The van der Waals surface area contributed by atoms with Crippen LogP contribution in [0.15, 0.2) is 102 Å².